The first kappa shape index (κ1) is 11.1. The van der Waals surface area contributed by atoms with Gasteiger partial charge in [-0.1, -0.05) is 18.2 Å². The third-order valence-electron chi connectivity index (χ3n) is 2.33. The molecule has 2 rings (SSSR count). The highest BCUT2D eigenvalue weighted by Gasteiger charge is 2.08. The van der Waals surface area contributed by atoms with Crippen molar-refractivity contribution >= 4 is 0 Å². The molecule has 0 aliphatic rings. The van der Waals surface area contributed by atoms with E-state index in [0.29, 0.717) is 5.69 Å². The Labute approximate surface area is 96.1 Å². The number of hydrogen-bond acceptors (Lipinski definition) is 4. The second kappa shape index (κ2) is 4.25. The Hall–Kier alpha value is -2.37. The Bertz CT molecular complexity index is 707. The number of rotatable bonds is 1. The molecule has 88 valence electrons. The van der Waals surface area contributed by atoms with Crippen LogP contribution in [0.25, 0.3) is 5.69 Å². The summed E-state index contributed by atoms with van der Waals surface area (Å²) in [6.07, 6.45) is 0. The minimum absolute atomic E-state index is 0.0238. The van der Waals surface area contributed by atoms with Crippen molar-refractivity contribution in [2.75, 3.05) is 7.05 Å². The van der Waals surface area contributed by atoms with Crippen LogP contribution in [0.2, 0.25) is 0 Å². The smallest absolute Gasteiger partial charge is 0.375 e. The zero-order valence-electron chi connectivity index (χ0n) is 9.45. The Morgan fingerprint density at radius 2 is 1.82 bits per heavy atom. The van der Waals surface area contributed by atoms with Crippen LogP contribution in [0.3, 0.4) is 0 Å². The quantitative estimate of drug-likeness (QED) is 0.676. The van der Waals surface area contributed by atoms with Crippen LogP contribution in [-0.2, 0) is 7.05 Å². The molecule has 1 aromatic heterocycles. The van der Waals surface area contributed by atoms with Gasteiger partial charge in [0.1, 0.15) is 0 Å². The molecule has 0 amide bonds. The van der Waals surface area contributed by atoms with Gasteiger partial charge in [0, 0.05) is 14.1 Å². The van der Waals surface area contributed by atoms with Crippen molar-refractivity contribution in [3.8, 4) is 5.69 Å². The van der Waals surface area contributed by atoms with Crippen molar-refractivity contribution in [3.05, 3.63) is 57.1 Å². The van der Waals surface area contributed by atoms with Crippen LogP contribution in [0.4, 0.5) is 0 Å². The number of benzene rings is 1. The molecule has 0 aliphatic heterocycles. The van der Waals surface area contributed by atoms with Gasteiger partial charge in [0.05, 0.1) is 5.69 Å². The number of nitrogens with zero attached hydrogens (tertiary/aromatic N) is 3. The van der Waals surface area contributed by atoms with E-state index in [4.69, 9.17) is 4.42 Å². The lowest BCUT2D eigenvalue weighted by Crippen LogP contribution is -2.44. The fourth-order valence-electron chi connectivity index (χ4n) is 1.45. The molecule has 0 bridgehead atoms. The average Bonchev–Trinajstić information content (AvgIpc) is 2.36. The predicted octanol–water partition coefficient (Wildman–Crippen LogP) is -0.340. The standard InChI is InChI=1S/C11H11N3O3/c1-12-9-14(8-6-4-3-5-7-8)10(15)13(2)11(16)17-9/h3-7H,1-2H3. The van der Waals surface area contributed by atoms with Gasteiger partial charge in [-0.2, -0.15) is 0 Å². The van der Waals surface area contributed by atoms with Gasteiger partial charge in [-0.05, 0) is 12.1 Å². The molecule has 6 nitrogen and oxygen atoms in total. The molecule has 0 atom stereocenters. The summed E-state index contributed by atoms with van der Waals surface area (Å²) in [7, 11) is 2.81. The molecule has 0 N–H and O–H groups in total. The summed E-state index contributed by atoms with van der Waals surface area (Å²) in [5, 5.41) is 0. The summed E-state index contributed by atoms with van der Waals surface area (Å²) in [6, 6.07) is 8.86. The second-order valence-corrected chi connectivity index (χ2v) is 3.39. The van der Waals surface area contributed by atoms with Crippen LogP contribution in [0.5, 0.6) is 0 Å². The van der Waals surface area contributed by atoms with Crippen LogP contribution in [0, 0.1) is 0 Å². The SMILES string of the molecule is CN=c1oc(=O)n(C)c(=O)n1-c1ccccc1. The highest BCUT2D eigenvalue weighted by Crippen LogP contribution is 1.99. The van der Waals surface area contributed by atoms with Gasteiger partial charge in [0.15, 0.2) is 0 Å². The number of aromatic nitrogens is 2. The lowest BCUT2D eigenvalue weighted by molar-refractivity contribution is 0.351. The molecule has 1 heterocycles. The van der Waals surface area contributed by atoms with Crippen LogP contribution < -0.4 is 17.1 Å². The van der Waals surface area contributed by atoms with Gasteiger partial charge in [0.25, 0.3) is 0 Å². The van der Waals surface area contributed by atoms with Gasteiger partial charge in [0.2, 0.25) is 0 Å². The molecule has 6 heteroatoms. The Kier molecular flexibility index (Phi) is 2.78. The maximum atomic E-state index is 12.0. The maximum Gasteiger partial charge on any atom is 0.425 e. The zero-order chi connectivity index (χ0) is 12.4. The molecule has 1 aromatic carbocycles. The van der Waals surface area contributed by atoms with Crippen molar-refractivity contribution in [2.24, 2.45) is 12.0 Å². The van der Waals surface area contributed by atoms with E-state index in [1.807, 2.05) is 6.07 Å². The summed E-state index contributed by atoms with van der Waals surface area (Å²) < 4.78 is 7.06. The first-order valence-electron chi connectivity index (χ1n) is 4.96. The van der Waals surface area contributed by atoms with Crippen molar-refractivity contribution in [3.63, 3.8) is 0 Å². The predicted molar refractivity (Wildman–Crippen MR) is 61.0 cm³/mol. The topological polar surface area (TPSA) is 69.5 Å². The molecule has 0 unspecified atom stereocenters. The fraction of sp³-hybridized carbons (Fsp3) is 0.182. The molecule has 0 fully saturated rings. The molecule has 2 aromatic rings. The van der Waals surface area contributed by atoms with Crippen molar-refractivity contribution in [1.29, 1.82) is 0 Å². The van der Waals surface area contributed by atoms with Crippen molar-refractivity contribution < 1.29 is 4.42 Å². The molecule has 17 heavy (non-hydrogen) atoms. The van der Waals surface area contributed by atoms with E-state index in [0.717, 1.165) is 4.57 Å². The van der Waals surface area contributed by atoms with E-state index >= 15 is 0 Å². The third-order valence-corrected chi connectivity index (χ3v) is 2.33. The van der Waals surface area contributed by atoms with Gasteiger partial charge >= 0.3 is 17.1 Å². The van der Waals surface area contributed by atoms with E-state index < -0.39 is 11.4 Å². The fourth-order valence-corrected chi connectivity index (χ4v) is 1.45. The summed E-state index contributed by atoms with van der Waals surface area (Å²) in [5.41, 5.74) is 0.0785. The Morgan fingerprint density at radius 1 is 1.18 bits per heavy atom. The van der Waals surface area contributed by atoms with Gasteiger partial charge in [-0.15, -0.1) is 0 Å². The van der Waals surface area contributed by atoms with Gasteiger partial charge < -0.3 is 4.42 Å². The van der Waals surface area contributed by atoms with Crippen LogP contribution in [0.15, 0.2) is 49.3 Å². The Balaban J connectivity index is 2.93. The molecule has 0 spiro atoms. The number of para-hydroxylation sites is 1. The average molecular weight is 233 g/mol. The highest BCUT2D eigenvalue weighted by atomic mass is 16.4. The van der Waals surface area contributed by atoms with Crippen LogP contribution in [-0.4, -0.2) is 16.2 Å². The van der Waals surface area contributed by atoms with E-state index in [1.54, 1.807) is 24.3 Å². The Morgan fingerprint density at radius 3 is 2.41 bits per heavy atom. The van der Waals surface area contributed by atoms with E-state index in [1.165, 1.54) is 18.7 Å². The first-order chi connectivity index (χ1) is 8.15. The summed E-state index contributed by atoms with van der Waals surface area (Å²) in [4.78, 5) is 27.1. The van der Waals surface area contributed by atoms with Crippen molar-refractivity contribution in [2.45, 2.75) is 0 Å². The first-order valence-corrected chi connectivity index (χ1v) is 4.96. The number of hydrogen-bond donors (Lipinski definition) is 0. The van der Waals surface area contributed by atoms with Gasteiger partial charge in [-0.3, -0.25) is 0 Å². The van der Waals surface area contributed by atoms with E-state index in [2.05, 4.69) is 4.99 Å². The van der Waals surface area contributed by atoms with E-state index in [9.17, 15) is 9.59 Å². The second-order valence-electron chi connectivity index (χ2n) is 3.39. The lowest BCUT2D eigenvalue weighted by atomic mass is 10.3. The molecule has 0 saturated carbocycles. The zero-order valence-corrected chi connectivity index (χ0v) is 9.45. The summed E-state index contributed by atoms with van der Waals surface area (Å²) >= 11 is 0. The van der Waals surface area contributed by atoms with Crippen LogP contribution in [0.1, 0.15) is 0 Å². The minimum atomic E-state index is -0.734. The molecular formula is C11H11N3O3. The van der Waals surface area contributed by atoms with Gasteiger partial charge in [-0.25, -0.2) is 23.7 Å². The van der Waals surface area contributed by atoms with Crippen LogP contribution >= 0.6 is 0 Å². The largest absolute Gasteiger partial charge is 0.425 e. The maximum absolute atomic E-state index is 12.0. The molecule has 0 radical (unpaired) electrons. The lowest BCUT2D eigenvalue weighted by Gasteiger charge is -2.05. The molecular weight excluding hydrogens is 222 g/mol. The normalized spacial score (nSPS) is 11.8. The monoisotopic (exact) mass is 233 g/mol. The van der Waals surface area contributed by atoms with Crippen molar-refractivity contribution in [1.82, 2.24) is 9.13 Å². The highest BCUT2D eigenvalue weighted by molar-refractivity contribution is 5.29. The summed E-state index contributed by atoms with van der Waals surface area (Å²) in [5.74, 6) is -0.734. The summed E-state index contributed by atoms with van der Waals surface area (Å²) in [6.45, 7) is 0. The third kappa shape index (κ3) is 1.84. The molecule has 0 aliphatic carbocycles. The minimum Gasteiger partial charge on any atom is -0.375 e. The van der Waals surface area contributed by atoms with E-state index in [-0.39, 0.29) is 5.68 Å². The molecule has 0 saturated heterocycles.